The maximum Gasteiger partial charge on any atom is 0.00387 e. The molecule has 1 unspecified atom stereocenters. The third kappa shape index (κ3) is 3.18. The minimum atomic E-state index is 0.747. The van der Waals surface area contributed by atoms with Crippen LogP contribution in [0.2, 0.25) is 0 Å². The van der Waals surface area contributed by atoms with Gasteiger partial charge in [-0.2, -0.15) is 0 Å². The summed E-state index contributed by atoms with van der Waals surface area (Å²) in [7, 11) is 0. The fraction of sp³-hybridized carbons (Fsp3) is 1.00. The van der Waals surface area contributed by atoms with Crippen molar-refractivity contribution in [1.82, 2.24) is 9.80 Å². The van der Waals surface area contributed by atoms with Crippen molar-refractivity contribution in [1.29, 1.82) is 0 Å². The Bertz CT molecular complexity index is 185. The maximum absolute atomic E-state index is 2.69. The molecule has 2 heteroatoms. The molecule has 2 fully saturated rings. The van der Waals surface area contributed by atoms with Crippen LogP contribution in [0.3, 0.4) is 0 Å². The fourth-order valence-electron chi connectivity index (χ4n) is 2.99. The molecule has 0 spiro atoms. The summed E-state index contributed by atoms with van der Waals surface area (Å²) in [6.45, 7) is 11.4. The predicted molar refractivity (Wildman–Crippen MR) is 65.1 cm³/mol. The molecule has 0 radical (unpaired) electrons. The third-order valence-corrected chi connectivity index (χ3v) is 4.01. The summed E-state index contributed by atoms with van der Waals surface area (Å²) < 4.78 is 0. The van der Waals surface area contributed by atoms with E-state index in [-0.39, 0.29) is 0 Å². The van der Waals surface area contributed by atoms with E-state index in [1.807, 2.05) is 0 Å². The van der Waals surface area contributed by atoms with Crippen LogP contribution < -0.4 is 0 Å². The maximum atomic E-state index is 2.69. The van der Waals surface area contributed by atoms with Crippen molar-refractivity contribution < 1.29 is 0 Å². The highest BCUT2D eigenvalue weighted by Gasteiger charge is 2.26. The highest BCUT2D eigenvalue weighted by Crippen LogP contribution is 2.21. The van der Waals surface area contributed by atoms with Gasteiger partial charge in [0.15, 0.2) is 0 Å². The minimum absolute atomic E-state index is 0.747. The summed E-state index contributed by atoms with van der Waals surface area (Å²) in [5.74, 6) is 0.950. The second-order valence-corrected chi connectivity index (χ2v) is 5.60. The SMILES string of the molecule is CC(C)N1CCC(CN2CCCCC2)C1. The highest BCUT2D eigenvalue weighted by atomic mass is 15.2. The summed E-state index contributed by atoms with van der Waals surface area (Å²) in [6.07, 6.45) is 5.75. The molecule has 2 aliphatic heterocycles. The zero-order valence-electron chi connectivity index (χ0n) is 10.4. The number of piperidine rings is 1. The Hall–Kier alpha value is -0.0800. The minimum Gasteiger partial charge on any atom is -0.303 e. The van der Waals surface area contributed by atoms with Gasteiger partial charge in [-0.25, -0.2) is 0 Å². The molecule has 2 nitrogen and oxygen atoms in total. The summed E-state index contributed by atoms with van der Waals surface area (Å²) in [5, 5.41) is 0. The Morgan fingerprint density at radius 3 is 2.40 bits per heavy atom. The van der Waals surface area contributed by atoms with Gasteiger partial charge in [0.2, 0.25) is 0 Å². The highest BCUT2D eigenvalue weighted by molar-refractivity contribution is 4.80. The number of hydrogen-bond acceptors (Lipinski definition) is 2. The lowest BCUT2D eigenvalue weighted by molar-refractivity contribution is 0.188. The molecule has 1 atom stereocenters. The quantitative estimate of drug-likeness (QED) is 0.704. The van der Waals surface area contributed by atoms with Gasteiger partial charge in [0.1, 0.15) is 0 Å². The molecular formula is C13H26N2. The molecular weight excluding hydrogens is 184 g/mol. The van der Waals surface area contributed by atoms with Crippen molar-refractivity contribution in [3.05, 3.63) is 0 Å². The Morgan fingerprint density at radius 1 is 1.07 bits per heavy atom. The molecule has 0 aromatic carbocycles. The third-order valence-electron chi connectivity index (χ3n) is 4.01. The molecule has 0 aromatic heterocycles. The van der Waals surface area contributed by atoms with E-state index in [1.165, 1.54) is 58.4 Å². The van der Waals surface area contributed by atoms with Crippen molar-refractivity contribution >= 4 is 0 Å². The lowest BCUT2D eigenvalue weighted by atomic mass is 10.1. The van der Waals surface area contributed by atoms with Gasteiger partial charge in [-0.15, -0.1) is 0 Å². The van der Waals surface area contributed by atoms with Gasteiger partial charge in [-0.1, -0.05) is 6.42 Å². The van der Waals surface area contributed by atoms with E-state index in [0.717, 1.165) is 12.0 Å². The zero-order chi connectivity index (χ0) is 10.7. The van der Waals surface area contributed by atoms with Crippen LogP contribution in [-0.4, -0.2) is 48.6 Å². The molecule has 0 N–H and O–H groups in total. The molecule has 0 aliphatic carbocycles. The molecule has 2 heterocycles. The van der Waals surface area contributed by atoms with Crippen LogP contribution in [0.25, 0.3) is 0 Å². The number of rotatable bonds is 3. The van der Waals surface area contributed by atoms with Gasteiger partial charge in [-0.05, 0) is 58.7 Å². The van der Waals surface area contributed by atoms with Crippen LogP contribution in [0.4, 0.5) is 0 Å². The van der Waals surface area contributed by atoms with Crippen molar-refractivity contribution in [2.24, 2.45) is 5.92 Å². The average molecular weight is 210 g/mol. The monoisotopic (exact) mass is 210 g/mol. The van der Waals surface area contributed by atoms with Crippen molar-refractivity contribution in [3.8, 4) is 0 Å². The van der Waals surface area contributed by atoms with Gasteiger partial charge in [0, 0.05) is 19.1 Å². The van der Waals surface area contributed by atoms with Crippen molar-refractivity contribution in [2.75, 3.05) is 32.7 Å². The summed E-state index contributed by atoms with van der Waals surface area (Å²) in [4.78, 5) is 5.33. The average Bonchev–Trinajstić information content (AvgIpc) is 2.68. The first-order valence-corrected chi connectivity index (χ1v) is 6.72. The lowest BCUT2D eigenvalue weighted by Crippen LogP contribution is -2.36. The van der Waals surface area contributed by atoms with Gasteiger partial charge < -0.3 is 9.80 Å². The van der Waals surface area contributed by atoms with Crippen LogP contribution in [0.1, 0.15) is 39.5 Å². The molecule has 15 heavy (non-hydrogen) atoms. The topological polar surface area (TPSA) is 6.48 Å². The van der Waals surface area contributed by atoms with E-state index in [0.29, 0.717) is 0 Å². The molecule has 2 aliphatic rings. The van der Waals surface area contributed by atoms with Crippen molar-refractivity contribution in [3.63, 3.8) is 0 Å². The number of nitrogens with zero attached hydrogens (tertiary/aromatic N) is 2. The standard InChI is InChI=1S/C13H26N2/c1-12(2)15-9-6-13(11-15)10-14-7-4-3-5-8-14/h12-13H,3-11H2,1-2H3. The van der Waals surface area contributed by atoms with E-state index in [1.54, 1.807) is 0 Å². The van der Waals surface area contributed by atoms with Crippen molar-refractivity contribution in [2.45, 2.75) is 45.6 Å². The van der Waals surface area contributed by atoms with Crippen LogP contribution >= 0.6 is 0 Å². The molecule has 0 saturated carbocycles. The van der Waals surface area contributed by atoms with Crippen LogP contribution in [0.5, 0.6) is 0 Å². The summed E-state index contributed by atoms with van der Waals surface area (Å²) >= 11 is 0. The fourth-order valence-corrected chi connectivity index (χ4v) is 2.99. The lowest BCUT2D eigenvalue weighted by Gasteiger charge is -2.29. The summed E-state index contributed by atoms with van der Waals surface area (Å²) in [6, 6.07) is 0.747. The van der Waals surface area contributed by atoms with Crippen LogP contribution in [0.15, 0.2) is 0 Å². The van der Waals surface area contributed by atoms with E-state index < -0.39 is 0 Å². The van der Waals surface area contributed by atoms with Crippen LogP contribution in [-0.2, 0) is 0 Å². The summed E-state index contributed by atoms with van der Waals surface area (Å²) in [5.41, 5.74) is 0. The van der Waals surface area contributed by atoms with E-state index in [9.17, 15) is 0 Å². The second-order valence-electron chi connectivity index (χ2n) is 5.60. The molecule has 2 saturated heterocycles. The number of hydrogen-bond donors (Lipinski definition) is 0. The Kier molecular flexibility index (Phi) is 4.04. The Morgan fingerprint density at radius 2 is 1.80 bits per heavy atom. The van der Waals surface area contributed by atoms with E-state index in [4.69, 9.17) is 0 Å². The molecule has 2 rings (SSSR count). The first kappa shape index (κ1) is 11.4. The largest absolute Gasteiger partial charge is 0.303 e. The van der Waals surface area contributed by atoms with Gasteiger partial charge in [0.25, 0.3) is 0 Å². The zero-order valence-corrected chi connectivity index (χ0v) is 10.4. The van der Waals surface area contributed by atoms with Crippen LogP contribution in [0, 0.1) is 5.92 Å². The Balaban J connectivity index is 1.71. The molecule has 0 bridgehead atoms. The van der Waals surface area contributed by atoms with Gasteiger partial charge in [-0.3, -0.25) is 0 Å². The molecule has 0 aromatic rings. The first-order valence-electron chi connectivity index (χ1n) is 6.72. The molecule has 88 valence electrons. The number of likely N-dealkylation sites (tertiary alicyclic amines) is 2. The van der Waals surface area contributed by atoms with Gasteiger partial charge >= 0.3 is 0 Å². The normalized spacial score (nSPS) is 30.2. The Labute approximate surface area is 94.6 Å². The molecule has 0 amide bonds. The smallest absolute Gasteiger partial charge is 0.00387 e. The predicted octanol–water partition coefficient (Wildman–Crippen LogP) is 2.20. The van der Waals surface area contributed by atoms with Gasteiger partial charge in [0.05, 0.1) is 0 Å². The van der Waals surface area contributed by atoms with E-state index in [2.05, 4.69) is 23.6 Å². The van der Waals surface area contributed by atoms with E-state index >= 15 is 0 Å². The second kappa shape index (κ2) is 5.31. The first-order chi connectivity index (χ1) is 7.25.